The van der Waals surface area contributed by atoms with Crippen molar-refractivity contribution in [3.05, 3.63) is 0 Å². The number of hydrogen-bond donors (Lipinski definition) is 2. The second-order valence-electron chi connectivity index (χ2n) is 4.83. The van der Waals surface area contributed by atoms with Gasteiger partial charge in [-0.15, -0.1) is 24.0 Å². The second kappa shape index (κ2) is 17.4. The molecule has 0 aromatic carbocycles. The number of thioether (sulfide) groups is 1. The molecule has 0 saturated heterocycles. The molecule has 0 aliphatic carbocycles. The van der Waals surface area contributed by atoms with Crippen molar-refractivity contribution in [2.75, 3.05) is 44.9 Å². The average Bonchev–Trinajstić information content (AvgIpc) is 2.38. The van der Waals surface area contributed by atoms with Gasteiger partial charge in [-0.25, -0.2) is 0 Å². The predicted molar refractivity (Wildman–Crippen MR) is 103 cm³/mol. The quantitative estimate of drug-likeness (QED) is 0.235. The molecule has 4 nitrogen and oxygen atoms in total. The smallest absolute Gasteiger partial charge is 0.191 e. The molecule has 20 heavy (non-hydrogen) atoms. The average molecular weight is 417 g/mol. The van der Waals surface area contributed by atoms with Gasteiger partial charge in [-0.2, -0.15) is 11.8 Å². The summed E-state index contributed by atoms with van der Waals surface area (Å²) >= 11 is 1.87. The van der Waals surface area contributed by atoms with Gasteiger partial charge in [-0.05, 0) is 37.7 Å². The molecule has 0 fully saturated rings. The first-order chi connectivity index (χ1) is 9.20. The van der Waals surface area contributed by atoms with Gasteiger partial charge in [-0.1, -0.05) is 13.8 Å². The van der Waals surface area contributed by atoms with Crippen molar-refractivity contribution < 1.29 is 4.74 Å². The van der Waals surface area contributed by atoms with E-state index in [1.807, 2.05) is 11.8 Å². The first-order valence-corrected chi connectivity index (χ1v) is 8.69. The minimum atomic E-state index is 0. The monoisotopic (exact) mass is 417 g/mol. The fourth-order valence-electron chi connectivity index (χ4n) is 1.40. The zero-order valence-electron chi connectivity index (χ0n) is 13.4. The van der Waals surface area contributed by atoms with E-state index in [0.29, 0.717) is 5.92 Å². The van der Waals surface area contributed by atoms with E-state index in [9.17, 15) is 0 Å². The predicted octanol–water partition coefficient (Wildman–Crippen LogP) is 2.98. The highest BCUT2D eigenvalue weighted by Crippen LogP contribution is 1.98. The van der Waals surface area contributed by atoms with Gasteiger partial charge in [0, 0.05) is 26.2 Å². The van der Waals surface area contributed by atoms with Crippen LogP contribution in [0, 0.1) is 5.92 Å². The van der Waals surface area contributed by atoms with Crippen molar-refractivity contribution in [2.24, 2.45) is 10.9 Å². The first kappa shape index (κ1) is 22.6. The number of aliphatic imine (C=N–C) groups is 1. The third-order valence-corrected chi connectivity index (χ3v) is 3.20. The molecule has 0 aliphatic rings. The number of rotatable bonds is 11. The van der Waals surface area contributed by atoms with E-state index in [1.165, 1.54) is 5.75 Å². The molecule has 0 aliphatic heterocycles. The number of guanidine groups is 1. The largest absolute Gasteiger partial charge is 0.380 e. The molecular weight excluding hydrogens is 385 g/mol. The van der Waals surface area contributed by atoms with E-state index >= 15 is 0 Å². The summed E-state index contributed by atoms with van der Waals surface area (Å²) in [5.41, 5.74) is 0. The summed E-state index contributed by atoms with van der Waals surface area (Å²) in [6.45, 7) is 10.7. The molecule has 0 saturated carbocycles. The lowest BCUT2D eigenvalue weighted by Gasteiger charge is -2.12. The molecule has 122 valence electrons. The number of halogens is 1. The summed E-state index contributed by atoms with van der Waals surface area (Å²) in [7, 11) is 0. The van der Waals surface area contributed by atoms with Crippen LogP contribution >= 0.6 is 35.7 Å². The van der Waals surface area contributed by atoms with Crippen LogP contribution < -0.4 is 10.6 Å². The molecule has 0 aromatic rings. The van der Waals surface area contributed by atoms with E-state index in [4.69, 9.17) is 4.74 Å². The van der Waals surface area contributed by atoms with Crippen molar-refractivity contribution in [3.8, 4) is 0 Å². The Morgan fingerprint density at radius 1 is 1.25 bits per heavy atom. The van der Waals surface area contributed by atoms with Crippen molar-refractivity contribution in [1.82, 2.24) is 10.6 Å². The summed E-state index contributed by atoms with van der Waals surface area (Å²) in [5, 5.41) is 6.54. The topological polar surface area (TPSA) is 45.7 Å². The van der Waals surface area contributed by atoms with Crippen LogP contribution in [0.2, 0.25) is 0 Å². The first-order valence-electron chi connectivity index (χ1n) is 7.29. The maximum Gasteiger partial charge on any atom is 0.191 e. The third-order valence-electron chi connectivity index (χ3n) is 2.50. The van der Waals surface area contributed by atoms with Gasteiger partial charge in [0.25, 0.3) is 0 Å². The normalized spacial score (nSPS) is 11.3. The Bertz CT molecular complexity index is 228. The molecule has 0 unspecified atom stereocenters. The van der Waals surface area contributed by atoms with E-state index in [-0.39, 0.29) is 24.0 Å². The molecular formula is C14H32IN3OS. The summed E-state index contributed by atoms with van der Waals surface area (Å²) in [5.74, 6) is 2.78. The maximum absolute atomic E-state index is 5.57. The van der Waals surface area contributed by atoms with Crippen LogP contribution in [0.3, 0.4) is 0 Å². The summed E-state index contributed by atoms with van der Waals surface area (Å²) < 4.78 is 5.57. The van der Waals surface area contributed by atoms with E-state index in [1.54, 1.807) is 0 Å². The van der Waals surface area contributed by atoms with Crippen LogP contribution in [-0.2, 0) is 4.74 Å². The Morgan fingerprint density at radius 3 is 2.60 bits per heavy atom. The molecule has 2 N–H and O–H groups in total. The zero-order valence-corrected chi connectivity index (χ0v) is 16.6. The van der Waals surface area contributed by atoms with Gasteiger partial charge in [0.05, 0.1) is 6.61 Å². The van der Waals surface area contributed by atoms with Gasteiger partial charge < -0.3 is 15.4 Å². The molecule has 0 bridgehead atoms. The van der Waals surface area contributed by atoms with Crippen LogP contribution in [0.1, 0.15) is 33.6 Å². The lowest BCUT2D eigenvalue weighted by Crippen LogP contribution is -2.39. The van der Waals surface area contributed by atoms with E-state index in [2.05, 4.69) is 42.7 Å². The van der Waals surface area contributed by atoms with Crippen molar-refractivity contribution in [3.63, 3.8) is 0 Å². The fourth-order valence-corrected chi connectivity index (χ4v) is 1.82. The SMILES string of the molecule is CCNC(=NCCCSC)NCCOCCC(C)C.I. The molecule has 0 amide bonds. The molecule has 0 atom stereocenters. The molecule has 6 heteroatoms. The third kappa shape index (κ3) is 16.4. The van der Waals surface area contributed by atoms with Crippen molar-refractivity contribution in [2.45, 2.75) is 33.6 Å². The van der Waals surface area contributed by atoms with Gasteiger partial charge in [-0.3, -0.25) is 4.99 Å². The Balaban J connectivity index is 0. The van der Waals surface area contributed by atoms with Gasteiger partial charge in [0.1, 0.15) is 0 Å². The summed E-state index contributed by atoms with van der Waals surface area (Å²) in [6, 6.07) is 0. The lowest BCUT2D eigenvalue weighted by atomic mass is 10.1. The Labute approximate surface area is 146 Å². The number of nitrogens with one attached hydrogen (secondary N) is 2. The molecule has 0 spiro atoms. The van der Waals surface area contributed by atoms with Gasteiger partial charge in [0.15, 0.2) is 5.96 Å². The van der Waals surface area contributed by atoms with Crippen LogP contribution in [-0.4, -0.2) is 50.8 Å². The minimum absolute atomic E-state index is 0. The highest BCUT2D eigenvalue weighted by atomic mass is 127. The van der Waals surface area contributed by atoms with Crippen molar-refractivity contribution >= 4 is 41.7 Å². The standard InChI is InChI=1S/C14H31N3OS.HI/c1-5-15-14(16-8-6-12-19-4)17-9-11-18-10-7-13(2)3;/h13H,5-12H2,1-4H3,(H2,15,16,17);1H. The maximum atomic E-state index is 5.57. The minimum Gasteiger partial charge on any atom is -0.380 e. The Morgan fingerprint density at radius 2 is 2.00 bits per heavy atom. The number of hydrogen-bond acceptors (Lipinski definition) is 3. The second-order valence-corrected chi connectivity index (χ2v) is 5.81. The van der Waals surface area contributed by atoms with Crippen LogP contribution in [0.5, 0.6) is 0 Å². The van der Waals surface area contributed by atoms with E-state index in [0.717, 1.165) is 51.6 Å². The molecule has 0 heterocycles. The highest BCUT2D eigenvalue weighted by molar-refractivity contribution is 14.0. The zero-order chi connectivity index (χ0) is 14.3. The van der Waals surface area contributed by atoms with Crippen LogP contribution in [0.4, 0.5) is 0 Å². The lowest BCUT2D eigenvalue weighted by molar-refractivity contribution is 0.128. The molecule has 0 rings (SSSR count). The van der Waals surface area contributed by atoms with Crippen molar-refractivity contribution in [1.29, 1.82) is 0 Å². The number of ether oxygens (including phenoxy) is 1. The summed E-state index contributed by atoms with van der Waals surface area (Å²) in [6.07, 6.45) is 4.38. The highest BCUT2D eigenvalue weighted by Gasteiger charge is 1.97. The fraction of sp³-hybridized carbons (Fsp3) is 0.929. The van der Waals surface area contributed by atoms with Gasteiger partial charge in [0.2, 0.25) is 0 Å². The Kier molecular flexibility index (Phi) is 19.6. The molecule has 0 aromatic heterocycles. The Hall–Kier alpha value is 0.310. The van der Waals surface area contributed by atoms with E-state index < -0.39 is 0 Å². The summed E-state index contributed by atoms with van der Waals surface area (Å²) in [4.78, 5) is 4.52. The van der Waals surface area contributed by atoms with Crippen LogP contribution in [0.25, 0.3) is 0 Å². The number of nitrogens with zero attached hydrogens (tertiary/aromatic N) is 1. The molecule has 0 radical (unpaired) electrons. The van der Waals surface area contributed by atoms with Crippen LogP contribution in [0.15, 0.2) is 4.99 Å². The van der Waals surface area contributed by atoms with Gasteiger partial charge >= 0.3 is 0 Å².